The molecule has 0 aliphatic heterocycles. The predicted octanol–water partition coefficient (Wildman–Crippen LogP) is 4.61. The highest BCUT2D eigenvalue weighted by atomic mass is 127. The first-order chi connectivity index (χ1) is 9.10. The molecule has 0 spiro atoms. The van der Waals surface area contributed by atoms with E-state index in [1.807, 2.05) is 34.7 Å². The summed E-state index contributed by atoms with van der Waals surface area (Å²) in [6.07, 6.45) is 4.62. The zero-order valence-electron chi connectivity index (χ0n) is 11.6. The fourth-order valence-electron chi connectivity index (χ4n) is 1.91. The van der Waals surface area contributed by atoms with E-state index in [4.69, 9.17) is 0 Å². The van der Waals surface area contributed by atoms with Gasteiger partial charge >= 0.3 is 0 Å². The Morgan fingerprint density at radius 3 is 2.21 bits per heavy atom. The van der Waals surface area contributed by atoms with Crippen LogP contribution in [0.1, 0.15) is 39.5 Å². The summed E-state index contributed by atoms with van der Waals surface area (Å²) in [5, 5.41) is 10.8. The lowest BCUT2D eigenvalue weighted by Gasteiger charge is -2.24. The fraction of sp³-hybridized carbons (Fsp3) is 0.571. The van der Waals surface area contributed by atoms with Crippen molar-refractivity contribution in [2.45, 2.75) is 39.5 Å². The molecule has 1 aromatic carbocycles. The van der Waals surface area contributed by atoms with E-state index in [-0.39, 0.29) is 10.6 Å². The number of halogens is 1. The minimum Gasteiger partial charge on any atom is -0.372 e. The molecule has 0 aliphatic carbocycles. The normalized spacial score (nSPS) is 10.5. The highest BCUT2D eigenvalue weighted by molar-refractivity contribution is 14.1. The Bertz CT molecular complexity index is 416. The molecule has 19 heavy (non-hydrogen) atoms. The Balaban J connectivity index is 2.88. The molecule has 0 fully saturated rings. The van der Waals surface area contributed by atoms with Crippen LogP contribution in [-0.2, 0) is 0 Å². The van der Waals surface area contributed by atoms with Gasteiger partial charge in [-0.3, -0.25) is 10.1 Å². The van der Waals surface area contributed by atoms with Crippen LogP contribution in [0.3, 0.4) is 0 Å². The minimum atomic E-state index is -0.325. The van der Waals surface area contributed by atoms with Crippen molar-refractivity contribution in [1.82, 2.24) is 0 Å². The summed E-state index contributed by atoms with van der Waals surface area (Å²) in [5.74, 6) is 0. The summed E-state index contributed by atoms with van der Waals surface area (Å²) < 4.78 is 0.707. The van der Waals surface area contributed by atoms with Crippen LogP contribution in [0, 0.1) is 13.7 Å². The lowest BCUT2D eigenvalue weighted by Crippen LogP contribution is -2.25. The maximum atomic E-state index is 10.8. The molecule has 0 amide bonds. The number of nitro benzene ring substituents is 1. The summed E-state index contributed by atoms with van der Waals surface area (Å²) in [4.78, 5) is 12.8. The second-order valence-corrected chi connectivity index (χ2v) is 5.75. The van der Waals surface area contributed by atoms with Crippen LogP contribution >= 0.6 is 22.6 Å². The first-order valence-corrected chi connectivity index (χ1v) is 7.86. The number of anilines is 1. The number of unbranched alkanes of at least 4 members (excludes halogenated alkanes) is 2. The second-order valence-electron chi connectivity index (χ2n) is 4.59. The molecule has 4 nitrogen and oxygen atoms in total. The van der Waals surface area contributed by atoms with Gasteiger partial charge < -0.3 is 4.90 Å². The Morgan fingerprint density at radius 2 is 1.79 bits per heavy atom. The fourth-order valence-corrected chi connectivity index (χ4v) is 2.60. The third-order valence-electron chi connectivity index (χ3n) is 3.06. The minimum absolute atomic E-state index is 0.190. The van der Waals surface area contributed by atoms with Gasteiger partial charge in [0.15, 0.2) is 0 Å². The van der Waals surface area contributed by atoms with Gasteiger partial charge in [-0.25, -0.2) is 0 Å². The topological polar surface area (TPSA) is 46.4 Å². The van der Waals surface area contributed by atoms with Gasteiger partial charge in [0.25, 0.3) is 5.69 Å². The average molecular weight is 376 g/mol. The highest BCUT2D eigenvalue weighted by Crippen LogP contribution is 2.26. The molecule has 0 aromatic heterocycles. The zero-order valence-corrected chi connectivity index (χ0v) is 13.7. The second kappa shape index (κ2) is 8.35. The molecule has 0 saturated heterocycles. The highest BCUT2D eigenvalue weighted by Gasteiger charge is 2.14. The standard InChI is InChI=1S/C14H21IN2O2/c1-3-5-9-16(10-6-4-2)12-7-8-14(17(18)19)13(15)11-12/h7-8,11H,3-6,9-10H2,1-2H3. The SMILES string of the molecule is CCCCN(CCCC)c1ccc([N+](=O)[O-])c(I)c1. The Hall–Kier alpha value is -0.850. The first-order valence-electron chi connectivity index (χ1n) is 6.79. The van der Waals surface area contributed by atoms with Crippen LogP contribution in [0.15, 0.2) is 18.2 Å². The van der Waals surface area contributed by atoms with Crippen LogP contribution in [0.25, 0.3) is 0 Å². The summed E-state index contributed by atoms with van der Waals surface area (Å²) in [7, 11) is 0. The van der Waals surface area contributed by atoms with E-state index in [9.17, 15) is 10.1 Å². The van der Waals surface area contributed by atoms with Crippen molar-refractivity contribution in [3.05, 3.63) is 31.9 Å². The lowest BCUT2D eigenvalue weighted by molar-refractivity contribution is -0.385. The number of rotatable bonds is 8. The van der Waals surface area contributed by atoms with Crippen LogP contribution in [0.4, 0.5) is 11.4 Å². The van der Waals surface area contributed by atoms with E-state index < -0.39 is 0 Å². The van der Waals surface area contributed by atoms with E-state index >= 15 is 0 Å². The lowest BCUT2D eigenvalue weighted by atomic mass is 10.2. The maximum absolute atomic E-state index is 10.8. The summed E-state index contributed by atoms with van der Waals surface area (Å²) in [6.45, 7) is 6.39. The molecule has 0 radical (unpaired) electrons. The number of hydrogen-bond acceptors (Lipinski definition) is 3. The van der Waals surface area contributed by atoms with E-state index in [0.717, 1.165) is 44.5 Å². The molecular formula is C14H21IN2O2. The molecule has 1 aromatic rings. The summed E-state index contributed by atoms with van der Waals surface area (Å²) in [5.41, 5.74) is 1.28. The molecule has 0 heterocycles. The van der Waals surface area contributed by atoms with Gasteiger partial charge in [0, 0.05) is 24.8 Å². The van der Waals surface area contributed by atoms with Gasteiger partial charge in [-0.2, -0.15) is 0 Å². The molecule has 0 N–H and O–H groups in total. The number of nitro groups is 1. The van der Waals surface area contributed by atoms with E-state index in [1.54, 1.807) is 6.07 Å². The molecule has 0 bridgehead atoms. The monoisotopic (exact) mass is 376 g/mol. The number of nitrogens with zero attached hydrogens (tertiary/aromatic N) is 2. The first kappa shape index (κ1) is 16.2. The van der Waals surface area contributed by atoms with Gasteiger partial charge in [-0.05, 0) is 47.6 Å². The quantitative estimate of drug-likeness (QED) is 0.378. The van der Waals surface area contributed by atoms with Crippen LogP contribution in [0.2, 0.25) is 0 Å². The van der Waals surface area contributed by atoms with Crippen LogP contribution < -0.4 is 4.90 Å². The Morgan fingerprint density at radius 1 is 1.21 bits per heavy atom. The van der Waals surface area contributed by atoms with Crippen molar-refractivity contribution in [2.75, 3.05) is 18.0 Å². The molecule has 0 unspecified atom stereocenters. The zero-order chi connectivity index (χ0) is 14.3. The van der Waals surface area contributed by atoms with Gasteiger partial charge in [0.2, 0.25) is 0 Å². The summed E-state index contributed by atoms with van der Waals surface area (Å²) >= 11 is 2.04. The number of hydrogen-bond donors (Lipinski definition) is 0. The van der Waals surface area contributed by atoms with Crippen molar-refractivity contribution >= 4 is 34.0 Å². The van der Waals surface area contributed by atoms with Gasteiger partial charge in [0.1, 0.15) is 0 Å². The largest absolute Gasteiger partial charge is 0.372 e. The third kappa shape index (κ3) is 4.97. The van der Waals surface area contributed by atoms with Crippen molar-refractivity contribution in [2.24, 2.45) is 0 Å². The van der Waals surface area contributed by atoms with Crippen molar-refractivity contribution in [3.8, 4) is 0 Å². The molecule has 1 rings (SSSR count). The van der Waals surface area contributed by atoms with Crippen molar-refractivity contribution in [3.63, 3.8) is 0 Å². The van der Waals surface area contributed by atoms with Gasteiger partial charge in [-0.1, -0.05) is 26.7 Å². The van der Waals surface area contributed by atoms with E-state index in [1.165, 1.54) is 0 Å². The predicted molar refractivity (Wildman–Crippen MR) is 87.8 cm³/mol. The van der Waals surface area contributed by atoms with Gasteiger partial charge in [0.05, 0.1) is 8.49 Å². The maximum Gasteiger partial charge on any atom is 0.282 e. The average Bonchev–Trinajstić information content (AvgIpc) is 2.38. The van der Waals surface area contributed by atoms with Gasteiger partial charge in [-0.15, -0.1) is 0 Å². The Labute approximate surface area is 128 Å². The smallest absolute Gasteiger partial charge is 0.282 e. The Kier molecular flexibility index (Phi) is 7.12. The van der Waals surface area contributed by atoms with Crippen molar-refractivity contribution < 1.29 is 4.92 Å². The van der Waals surface area contributed by atoms with Crippen LogP contribution in [0.5, 0.6) is 0 Å². The van der Waals surface area contributed by atoms with E-state index in [2.05, 4.69) is 18.7 Å². The molecule has 5 heteroatoms. The molecule has 0 atom stereocenters. The number of benzene rings is 1. The summed E-state index contributed by atoms with van der Waals surface area (Å²) in [6, 6.07) is 5.40. The van der Waals surface area contributed by atoms with E-state index in [0.29, 0.717) is 3.57 Å². The molecule has 106 valence electrons. The molecule has 0 aliphatic rings. The molecule has 0 saturated carbocycles. The third-order valence-corrected chi connectivity index (χ3v) is 3.92. The van der Waals surface area contributed by atoms with Crippen LogP contribution in [-0.4, -0.2) is 18.0 Å². The molecular weight excluding hydrogens is 355 g/mol. The van der Waals surface area contributed by atoms with Crippen molar-refractivity contribution in [1.29, 1.82) is 0 Å².